The molecule has 0 aromatic carbocycles. The SMILES string of the molecule is CC(C)(OC(=O)CN)[C@@H]1CNC(=O)O1.Cl. The van der Waals surface area contributed by atoms with E-state index in [1.165, 1.54) is 0 Å². The molecule has 0 aromatic rings. The highest BCUT2D eigenvalue weighted by Gasteiger charge is 2.39. The van der Waals surface area contributed by atoms with Crippen LogP contribution in [0, 0.1) is 0 Å². The standard InChI is InChI=1S/C8H14N2O4.ClH/c1-8(2,14-6(11)3-9)5-4-10-7(12)13-5;/h5H,3-4,9H2,1-2H3,(H,10,12);1H/t5-;/m0./s1. The van der Waals surface area contributed by atoms with E-state index in [0.29, 0.717) is 6.54 Å². The molecular weight excluding hydrogens is 224 g/mol. The van der Waals surface area contributed by atoms with Gasteiger partial charge in [-0.05, 0) is 13.8 Å². The molecule has 7 heteroatoms. The maximum Gasteiger partial charge on any atom is 0.407 e. The summed E-state index contributed by atoms with van der Waals surface area (Å²) in [6, 6.07) is 0. The Labute approximate surface area is 93.9 Å². The summed E-state index contributed by atoms with van der Waals surface area (Å²) >= 11 is 0. The highest BCUT2D eigenvalue weighted by Crippen LogP contribution is 2.20. The number of alkyl carbamates (subject to hydrolysis) is 1. The van der Waals surface area contributed by atoms with Crippen LogP contribution in [0.2, 0.25) is 0 Å². The second-order valence-electron chi connectivity index (χ2n) is 3.56. The van der Waals surface area contributed by atoms with E-state index in [2.05, 4.69) is 5.32 Å². The minimum absolute atomic E-state index is 0. The molecule has 0 radical (unpaired) electrons. The normalized spacial score (nSPS) is 19.9. The van der Waals surface area contributed by atoms with Crippen LogP contribution in [0.3, 0.4) is 0 Å². The molecule has 0 unspecified atom stereocenters. The maximum absolute atomic E-state index is 11.0. The number of nitrogens with two attached hydrogens (primary N) is 1. The summed E-state index contributed by atoms with van der Waals surface area (Å²) in [5, 5.41) is 2.48. The van der Waals surface area contributed by atoms with Crippen LogP contribution in [0.5, 0.6) is 0 Å². The zero-order chi connectivity index (χ0) is 10.8. The van der Waals surface area contributed by atoms with Crippen molar-refractivity contribution in [1.82, 2.24) is 5.32 Å². The van der Waals surface area contributed by atoms with Gasteiger partial charge in [0.05, 0.1) is 13.1 Å². The molecule has 6 nitrogen and oxygen atoms in total. The largest absolute Gasteiger partial charge is 0.455 e. The van der Waals surface area contributed by atoms with Crippen molar-refractivity contribution < 1.29 is 19.1 Å². The average Bonchev–Trinajstić information content (AvgIpc) is 2.51. The van der Waals surface area contributed by atoms with Crippen molar-refractivity contribution in [3.05, 3.63) is 0 Å². The lowest BCUT2D eigenvalue weighted by molar-refractivity contribution is -0.163. The van der Waals surface area contributed by atoms with Crippen LogP contribution in [0.4, 0.5) is 4.79 Å². The van der Waals surface area contributed by atoms with Crippen LogP contribution < -0.4 is 11.1 Å². The number of amides is 1. The fraction of sp³-hybridized carbons (Fsp3) is 0.750. The molecule has 1 aliphatic heterocycles. The minimum atomic E-state index is -0.852. The molecular formula is C8H15ClN2O4. The van der Waals surface area contributed by atoms with Gasteiger partial charge in [0, 0.05) is 0 Å². The first-order valence-electron chi connectivity index (χ1n) is 4.32. The molecule has 1 rings (SSSR count). The molecule has 1 amide bonds. The van der Waals surface area contributed by atoms with Crippen LogP contribution in [-0.4, -0.2) is 36.9 Å². The summed E-state index contributed by atoms with van der Waals surface area (Å²) in [5.41, 5.74) is 4.26. The summed E-state index contributed by atoms with van der Waals surface area (Å²) in [7, 11) is 0. The molecule has 1 atom stereocenters. The van der Waals surface area contributed by atoms with Gasteiger partial charge in [-0.25, -0.2) is 4.79 Å². The Bertz CT molecular complexity index is 257. The van der Waals surface area contributed by atoms with Crippen LogP contribution in [0.25, 0.3) is 0 Å². The summed E-state index contributed by atoms with van der Waals surface area (Å²) in [4.78, 5) is 21.7. The molecule has 1 heterocycles. The lowest BCUT2D eigenvalue weighted by Gasteiger charge is -2.28. The zero-order valence-corrected chi connectivity index (χ0v) is 9.43. The molecule has 3 N–H and O–H groups in total. The first-order valence-corrected chi connectivity index (χ1v) is 4.32. The number of hydrogen-bond donors (Lipinski definition) is 2. The van der Waals surface area contributed by atoms with Gasteiger partial charge in [-0.1, -0.05) is 0 Å². The monoisotopic (exact) mass is 238 g/mol. The van der Waals surface area contributed by atoms with E-state index in [0.717, 1.165) is 0 Å². The van der Waals surface area contributed by atoms with Crippen molar-refractivity contribution >= 4 is 24.5 Å². The third-order valence-corrected chi connectivity index (χ3v) is 2.00. The number of nitrogens with one attached hydrogen (secondary N) is 1. The van der Waals surface area contributed by atoms with Crippen molar-refractivity contribution in [3.63, 3.8) is 0 Å². The number of esters is 1. The first kappa shape index (κ1) is 14.0. The van der Waals surface area contributed by atoms with Gasteiger partial charge >= 0.3 is 12.1 Å². The predicted octanol–water partition coefficient (Wildman–Crippen LogP) is -0.203. The van der Waals surface area contributed by atoms with E-state index in [1.54, 1.807) is 13.8 Å². The van der Waals surface area contributed by atoms with Crippen molar-refractivity contribution in [2.45, 2.75) is 25.6 Å². The first-order chi connectivity index (χ1) is 6.45. The molecule has 0 spiro atoms. The molecule has 0 saturated carbocycles. The highest BCUT2D eigenvalue weighted by molar-refractivity contribution is 5.85. The van der Waals surface area contributed by atoms with Crippen LogP contribution >= 0.6 is 12.4 Å². The number of rotatable bonds is 3. The van der Waals surface area contributed by atoms with E-state index in [4.69, 9.17) is 15.2 Å². The Kier molecular flexibility index (Phi) is 4.83. The number of carbonyl (C=O) groups excluding carboxylic acids is 2. The summed E-state index contributed by atoms with van der Waals surface area (Å²) in [6.45, 7) is 3.50. The smallest absolute Gasteiger partial charge is 0.407 e. The van der Waals surface area contributed by atoms with Gasteiger partial charge in [-0.2, -0.15) is 0 Å². The second kappa shape index (κ2) is 5.18. The third-order valence-electron chi connectivity index (χ3n) is 2.00. The van der Waals surface area contributed by atoms with Gasteiger partial charge in [0.15, 0.2) is 6.10 Å². The molecule has 1 fully saturated rings. The molecule has 15 heavy (non-hydrogen) atoms. The second-order valence-corrected chi connectivity index (χ2v) is 3.56. The molecule has 0 bridgehead atoms. The van der Waals surface area contributed by atoms with Crippen molar-refractivity contribution in [1.29, 1.82) is 0 Å². The van der Waals surface area contributed by atoms with Crippen molar-refractivity contribution in [3.8, 4) is 0 Å². The number of ether oxygens (including phenoxy) is 2. The van der Waals surface area contributed by atoms with Crippen LogP contribution in [0.1, 0.15) is 13.8 Å². The Balaban J connectivity index is 0.00000196. The van der Waals surface area contributed by atoms with Crippen LogP contribution in [-0.2, 0) is 14.3 Å². The zero-order valence-electron chi connectivity index (χ0n) is 8.61. The van der Waals surface area contributed by atoms with Gasteiger partial charge in [-0.15, -0.1) is 12.4 Å². The average molecular weight is 239 g/mol. The van der Waals surface area contributed by atoms with Crippen LogP contribution in [0.15, 0.2) is 0 Å². The van der Waals surface area contributed by atoms with Gasteiger partial charge < -0.3 is 20.5 Å². The number of carbonyl (C=O) groups is 2. The maximum atomic E-state index is 11.0. The number of halogens is 1. The predicted molar refractivity (Wildman–Crippen MR) is 54.7 cm³/mol. The summed E-state index contributed by atoms with van der Waals surface area (Å²) in [5.74, 6) is -0.516. The Morgan fingerprint density at radius 3 is 2.73 bits per heavy atom. The Hall–Kier alpha value is -1.01. The van der Waals surface area contributed by atoms with Gasteiger partial charge in [0.1, 0.15) is 5.60 Å². The van der Waals surface area contributed by atoms with E-state index in [-0.39, 0.29) is 19.0 Å². The molecule has 0 aromatic heterocycles. The van der Waals surface area contributed by atoms with E-state index in [9.17, 15) is 9.59 Å². The summed E-state index contributed by atoms with van der Waals surface area (Å²) in [6.07, 6.45) is -0.961. The fourth-order valence-corrected chi connectivity index (χ4v) is 1.18. The quantitative estimate of drug-likeness (QED) is 0.665. The van der Waals surface area contributed by atoms with E-state index >= 15 is 0 Å². The molecule has 88 valence electrons. The minimum Gasteiger partial charge on any atom is -0.455 e. The Morgan fingerprint density at radius 2 is 2.33 bits per heavy atom. The topological polar surface area (TPSA) is 90.6 Å². The van der Waals surface area contributed by atoms with E-state index in [1.807, 2.05) is 0 Å². The lowest BCUT2D eigenvalue weighted by Crippen LogP contribution is -2.44. The molecule has 1 saturated heterocycles. The van der Waals surface area contributed by atoms with Gasteiger partial charge in [0.25, 0.3) is 0 Å². The molecule has 0 aliphatic carbocycles. The summed E-state index contributed by atoms with van der Waals surface area (Å²) < 4.78 is 9.94. The molecule has 1 aliphatic rings. The van der Waals surface area contributed by atoms with Gasteiger partial charge in [0.2, 0.25) is 0 Å². The highest BCUT2D eigenvalue weighted by atomic mass is 35.5. The lowest BCUT2D eigenvalue weighted by atomic mass is 10.0. The fourth-order valence-electron chi connectivity index (χ4n) is 1.18. The Morgan fingerprint density at radius 1 is 1.73 bits per heavy atom. The third kappa shape index (κ3) is 3.56. The van der Waals surface area contributed by atoms with Crippen molar-refractivity contribution in [2.75, 3.05) is 13.1 Å². The van der Waals surface area contributed by atoms with Crippen molar-refractivity contribution in [2.24, 2.45) is 5.73 Å². The van der Waals surface area contributed by atoms with Gasteiger partial charge in [-0.3, -0.25) is 4.79 Å². The number of hydrogen-bond acceptors (Lipinski definition) is 5. The van der Waals surface area contributed by atoms with E-state index < -0.39 is 23.8 Å². The number of cyclic esters (lactones) is 1.